The minimum Gasteiger partial charge on any atom is -0.496 e. The fourth-order valence-electron chi connectivity index (χ4n) is 4.17. The highest BCUT2D eigenvalue weighted by Gasteiger charge is 2.25. The molecule has 2 aromatic carbocycles. The van der Waals surface area contributed by atoms with Crippen molar-refractivity contribution in [1.82, 2.24) is 10.2 Å². The molecule has 8 heteroatoms. The van der Waals surface area contributed by atoms with Gasteiger partial charge in [-0.2, -0.15) is 0 Å². The van der Waals surface area contributed by atoms with Crippen molar-refractivity contribution in [3.63, 3.8) is 0 Å². The lowest BCUT2D eigenvalue weighted by molar-refractivity contribution is -0.121. The highest BCUT2D eigenvalue weighted by Crippen LogP contribution is 2.30. The zero-order valence-corrected chi connectivity index (χ0v) is 19.1. The number of hydrogen-bond donors (Lipinski definition) is 2. The Morgan fingerprint density at radius 3 is 2.26 bits per heavy atom. The third-order valence-corrected chi connectivity index (χ3v) is 6.47. The smallest absolute Gasteiger partial charge is 0.229 e. The number of ether oxygens (including phenoxy) is 1. The van der Waals surface area contributed by atoms with Crippen LogP contribution in [0.2, 0.25) is 0 Å². The van der Waals surface area contributed by atoms with Gasteiger partial charge in [-0.15, -0.1) is 0 Å². The standard InChI is InChI=1S/C23H31N3O4S/c1-24-20-9-11-22(12-10-20)26(16-27)15-19-14-18(6-13-23(19)30-2)17-4-7-21(8-5-17)25-31(3,28)29/h4-8,13-14,16,20,22,24-25H,9-12,15H2,1-3H3/t20-,22-. The molecule has 0 bridgehead atoms. The molecular formula is C23H31N3O4S. The van der Waals surface area contributed by atoms with Crippen LogP contribution in [0, 0.1) is 0 Å². The van der Waals surface area contributed by atoms with Crippen LogP contribution in [0.5, 0.6) is 5.75 Å². The van der Waals surface area contributed by atoms with Crippen LogP contribution >= 0.6 is 0 Å². The lowest BCUT2D eigenvalue weighted by atomic mass is 9.90. The average Bonchev–Trinajstić information content (AvgIpc) is 2.77. The largest absolute Gasteiger partial charge is 0.496 e. The first-order valence-electron chi connectivity index (χ1n) is 10.5. The van der Waals surface area contributed by atoms with Crippen molar-refractivity contribution >= 4 is 22.1 Å². The van der Waals surface area contributed by atoms with Gasteiger partial charge in [-0.3, -0.25) is 9.52 Å². The van der Waals surface area contributed by atoms with Crippen LogP contribution in [-0.4, -0.2) is 52.2 Å². The second-order valence-corrected chi connectivity index (χ2v) is 9.80. The number of nitrogens with zero attached hydrogens (tertiary/aromatic N) is 1. The highest BCUT2D eigenvalue weighted by molar-refractivity contribution is 7.92. The lowest BCUT2D eigenvalue weighted by Crippen LogP contribution is -2.40. The Kier molecular flexibility index (Phi) is 7.56. The second kappa shape index (κ2) is 10.2. The molecule has 2 N–H and O–H groups in total. The van der Waals surface area contributed by atoms with E-state index >= 15 is 0 Å². The molecule has 0 atom stereocenters. The summed E-state index contributed by atoms with van der Waals surface area (Å²) in [7, 11) is 0.309. The number of sulfonamides is 1. The molecule has 168 valence electrons. The summed E-state index contributed by atoms with van der Waals surface area (Å²) in [4.78, 5) is 13.8. The summed E-state index contributed by atoms with van der Waals surface area (Å²) in [5.74, 6) is 0.745. The molecule has 3 rings (SSSR count). The van der Waals surface area contributed by atoms with Crippen molar-refractivity contribution in [3.05, 3.63) is 48.0 Å². The maximum absolute atomic E-state index is 11.9. The number of rotatable bonds is 9. The van der Waals surface area contributed by atoms with E-state index in [1.54, 1.807) is 19.2 Å². The molecule has 1 aliphatic carbocycles. The van der Waals surface area contributed by atoms with Crippen molar-refractivity contribution < 1.29 is 17.9 Å². The number of hydrogen-bond acceptors (Lipinski definition) is 5. The Morgan fingerprint density at radius 2 is 1.71 bits per heavy atom. The zero-order valence-electron chi connectivity index (χ0n) is 18.3. The van der Waals surface area contributed by atoms with Crippen LogP contribution in [0.3, 0.4) is 0 Å². The Labute approximate surface area is 184 Å². The number of methoxy groups -OCH3 is 1. The molecule has 2 aromatic rings. The zero-order chi connectivity index (χ0) is 22.4. The first kappa shape index (κ1) is 23.1. The van der Waals surface area contributed by atoms with Gasteiger partial charge in [0.05, 0.1) is 13.4 Å². The molecule has 31 heavy (non-hydrogen) atoms. The first-order chi connectivity index (χ1) is 14.8. The van der Waals surface area contributed by atoms with Gasteiger partial charge in [0, 0.05) is 29.9 Å². The molecule has 0 aromatic heterocycles. The summed E-state index contributed by atoms with van der Waals surface area (Å²) in [5, 5.41) is 3.33. The van der Waals surface area contributed by atoms with Crippen LogP contribution in [0.4, 0.5) is 5.69 Å². The Morgan fingerprint density at radius 1 is 1.06 bits per heavy atom. The van der Waals surface area contributed by atoms with E-state index in [4.69, 9.17) is 4.74 Å². The maximum atomic E-state index is 11.9. The van der Waals surface area contributed by atoms with E-state index < -0.39 is 10.0 Å². The Balaban J connectivity index is 1.79. The summed E-state index contributed by atoms with van der Waals surface area (Å²) in [6, 6.07) is 13.9. The predicted molar refractivity (Wildman–Crippen MR) is 124 cm³/mol. The van der Waals surface area contributed by atoms with Crippen molar-refractivity contribution in [1.29, 1.82) is 0 Å². The topological polar surface area (TPSA) is 87.7 Å². The minimum atomic E-state index is -3.31. The predicted octanol–water partition coefficient (Wildman–Crippen LogP) is 3.22. The highest BCUT2D eigenvalue weighted by atomic mass is 32.2. The van der Waals surface area contributed by atoms with Gasteiger partial charge in [0.15, 0.2) is 0 Å². The van der Waals surface area contributed by atoms with Crippen LogP contribution in [-0.2, 0) is 21.4 Å². The number of benzene rings is 2. The van der Waals surface area contributed by atoms with E-state index in [9.17, 15) is 13.2 Å². The quantitative estimate of drug-likeness (QED) is 0.579. The fourth-order valence-corrected chi connectivity index (χ4v) is 4.74. The number of carbonyl (C=O) groups is 1. The molecule has 1 aliphatic rings. The van der Waals surface area contributed by atoms with Gasteiger partial charge in [0.2, 0.25) is 16.4 Å². The van der Waals surface area contributed by atoms with E-state index in [0.29, 0.717) is 18.3 Å². The number of nitrogens with one attached hydrogen (secondary N) is 2. The summed E-state index contributed by atoms with van der Waals surface area (Å²) < 4.78 is 30.8. The summed E-state index contributed by atoms with van der Waals surface area (Å²) >= 11 is 0. The van der Waals surface area contributed by atoms with Crippen LogP contribution in [0.25, 0.3) is 11.1 Å². The first-order valence-corrected chi connectivity index (χ1v) is 12.4. The van der Waals surface area contributed by atoms with E-state index in [1.807, 2.05) is 42.3 Å². The SMILES string of the molecule is CN[C@H]1CC[C@H](N(C=O)Cc2cc(-c3ccc(NS(C)(=O)=O)cc3)ccc2OC)CC1. The number of anilines is 1. The summed E-state index contributed by atoms with van der Waals surface area (Å²) in [6.45, 7) is 0.489. The van der Waals surface area contributed by atoms with E-state index in [1.165, 1.54) is 0 Å². The van der Waals surface area contributed by atoms with Crippen LogP contribution in [0.1, 0.15) is 31.2 Å². The van der Waals surface area contributed by atoms with Crippen LogP contribution < -0.4 is 14.8 Å². The minimum absolute atomic E-state index is 0.233. The van der Waals surface area contributed by atoms with Gasteiger partial charge in [-0.25, -0.2) is 8.42 Å². The normalized spacial score (nSPS) is 18.9. The fraction of sp³-hybridized carbons (Fsp3) is 0.435. The molecular weight excluding hydrogens is 414 g/mol. The monoisotopic (exact) mass is 445 g/mol. The third-order valence-electron chi connectivity index (χ3n) is 5.86. The maximum Gasteiger partial charge on any atom is 0.229 e. The summed E-state index contributed by atoms with van der Waals surface area (Å²) in [5.41, 5.74) is 3.40. The Bertz CT molecular complexity index is 984. The molecule has 1 fully saturated rings. The van der Waals surface area contributed by atoms with E-state index in [0.717, 1.165) is 60.8 Å². The molecule has 0 heterocycles. The number of amides is 1. The van der Waals surface area contributed by atoms with Gasteiger partial charge in [-0.1, -0.05) is 18.2 Å². The van der Waals surface area contributed by atoms with Crippen LogP contribution in [0.15, 0.2) is 42.5 Å². The van der Waals surface area contributed by atoms with Gasteiger partial charge in [0.1, 0.15) is 5.75 Å². The van der Waals surface area contributed by atoms with Crippen molar-refractivity contribution in [2.45, 2.75) is 44.3 Å². The van der Waals surface area contributed by atoms with Gasteiger partial charge in [-0.05, 0) is 68.1 Å². The van der Waals surface area contributed by atoms with Gasteiger partial charge >= 0.3 is 0 Å². The molecule has 0 radical (unpaired) electrons. The lowest BCUT2D eigenvalue weighted by Gasteiger charge is -2.35. The summed E-state index contributed by atoms with van der Waals surface area (Å²) in [6.07, 6.45) is 6.18. The van der Waals surface area contributed by atoms with E-state index in [-0.39, 0.29) is 6.04 Å². The molecule has 7 nitrogen and oxygen atoms in total. The van der Waals surface area contributed by atoms with Crippen molar-refractivity contribution in [3.8, 4) is 16.9 Å². The second-order valence-electron chi connectivity index (χ2n) is 8.05. The van der Waals surface area contributed by atoms with Gasteiger partial charge < -0.3 is 15.0 Å². The molecule has 0 aliphatic heterocycles. The average molecular weight is 446 g/mol. The van der Waals surface area contributed by atoms with Crippen molar-refractivity contribution in [2.24, 2.45) is 0 Å². The number of carbonyl (C=O) groups excluding carboxylic acids is 1. The van der Waals surface area contributed by atoms with Crippen molar-refractivity contribution in [2.75, 3.05) is 25.1 Å². The molecule has 0 unspecified atom stereocenters. The van der Waals surface area contributed by atoms with Gasteiger partial charge in [0.25, 0.3) is 0 Å². The molecule has 0 spiro atoms. The molecule has 0 saturated heterocycles. The Hall–Kier alpha value is -2.58. The van der Waals surface area contributed by atoms with E-state index in [2.05, 4.69) is 10.0 Å². The molecule has 1 amide bonds. The molecule has 1 saturated carbocycles. The third kappa shape index (κ3) is 6.21.